The highest BCUT2D eigenvalue weighted by atomic mass is 16.1. The molecule has 1 atom stereocenters. The summed E-state index contributed by atoms with van der Waals surface area (Å²) in [4.78, 5) is 12.5. The molecule has 0 bridgehead atoms. The summed E-state index contributed by atoms with van der Waals surface area (Å²) in [5.74, 6) is 0.995. The lowest BCUT2D eigenvalue weighted by Crippen LogP contribution is -2.44. The predicted octanol–water partition coefficient (Wildman–Crippen LogP) is 3.28. The van der Waals surface area contributed by atoms with Crippen molar-refractivity contribution in [1.82, 2.24) is 5.32 Å². The number of carbonyl (C=O) groups is 1. The molecule has 2 fully saturated rings. The molecule has 1 aromatic carbocycles. The highest BCUT2D eigenvalue weighted by molar-refractivity contribution is 6.03. The van der Waals surface area contributed by atoms with Gasteiger partial charge in [0.25, 0.3) is 0 Å². The maximum atomic E-state index is 12.5. The Kier molecular flexibility index (Phi) is 2.98. The second kappa shape index (κ2) is 4.51. The molecule has 3 rings (SSSR count). The molecular formula is C16H21NO. The highest BCUT2D eigenvalue weighted by Crippen LogP contribution is 2.36. The van der Waals surface area contributed by atoms with E-state index in [1.165, 1.54) is 24.8 Å². The molecular weight excluding hydrogens is 222 g/mol. The van der Waals surface area contributed by atoms with Gasteiger partial charge in [0, 0.05) is 5.56 Å². The minimum atomic E-state index is -0.335. The first-order valence-corrected chi connectivity index (χ1v) is 7.09. The third-order valence-corrected chi connectivity index (χ3v) is 4.62. The molecule has 0 spiro atoms. The van der Waals surface area contributed by atoms with Gasteiger partial charge in [0.1, 0.15) is 0 Å². The van der Waals surface area contributed by atoms with Crippen molar-refractivity contribution >= 4 is 5.78 Å². The van der Waals surface area contributed by atoms with Crippen LogP contribution in [0.25, 0.3) is 0 Å². The molecule has 1 saturated carbocycles. The Hall–Kier alpha value is -1.15. The fourth-order valence-corrected chi connectivity index (χ4v) is 3.06. The van der Waals surface area contributed by atoms with Crippen LogP contribution < -0.4 is 5.32 Å². The second-order valence-corrected chi connectivity index (χ2v) is 5.94. The van der Waals surface area contributed by atoms with Crippen molar-refractivity contribution in [1.29, 1.82) is 0 Å². The summed E-state index contributed by atoms with van der Waals surface area (Å²) in [7, 11) is 0. The Morgan fingerprint density at radius 2 is 1.94 bits per heavy atom. The Morgan fingerprint density at radius 1 is 1.22 bits per heavy atom. The normalized spacial score (nSPS) is 28.1. The van der Waals surface area contributed by atoms with Crippen molar-refractivity contribution in [2.75, 3.05) is 6.54 Å². The van der Waals surface area contributed by atoms with Crippen LogP contribution in [-0.4, -0.2) is 17.9 Å². The van der Waals surface area contributed by atoms with Gasteiger partial charge in [-0.05, 0) is 50.6 Å². The Morgan fingerprint density at radius 3 is 2.44 bits per heavy atom. The number of nitrogens with one attached hydrogen (secondary N) is 1. The molecule has 18 heavy (non-hydrogen) atoms. The van der Waals surface area contributed by atoms with E-state index in [9.17, 15) is 4.79 Å². The van der Waals surface area contributed by atoms with E-state index >= 15 is 0 Å². The third kappa shape index (κ3) is 1.99. The third-order valence-electron chi connectivity index (χ3n) is 4.62. The van der Waals surface area contributed by atoms with Crippen LogP contribution in [0.2, 0.25) is 0 Å². The Bertz CT molecular complexity index is 439. The van der Waals surface area contributed by atoms with Gasteiger partial charge in [0.05, 0.1) is 5.54 Å². The van der Waals surface area contributed by atoms with Gasteiger partial charge in [0.15, 0.2) is 5.78 Å². The van der Waals surface area contributed by atoms with E-state index in [1.54, 1.807) is 0 Å². The summed E-state index contributed by atoms with van der Waals surface area (Å²) in [6, 6.07) is 8.33. The molecule has 96 valence electrons. The molecule has 0 radical (unpaired) electrons. The van der Waals surface area contributed by atoms with Gasteiger partial charge in [-0.3, -0.25) is 4.79 Å². The van der Waals surface area contributed by atoms with E-state index in [4.69, 9.17) is 0 Å². The Balaban J connectivity index is 1.77. The van der Waals surface area contributed by atoms with E-state index in [2.05, 4.69) is 17.4 Å². The van der Waals surface area contributed by atoms with Gasteiger partial charge < -0.3 is 5.32 Å². The quantitative estimate of drug-likeness (QED) is 0.825. The molecule has 1 unspecified atom stereocenters. The van der Waals surface area contributed by atoms with Crippen molar-refractivity contribution in [2.45, 2.75) is 50.5 Å². The van der Waals surface area contributed by atoms with Crippen molar-refractivity contribution in [3.63, 3.8) is 0 Å². The van der Waals surface area contributed by atoms with Crippen LogP contribution in [0.5, 0.6) is 0 Å². The van der Waals surface area contributed by atoms with Crippen LogP contribution in [0.1, 0.15) is 60.9 Å². The van der Waals surface area contributed by atoms with E-state index in [-0.39, 0.29) is 11.3 Å². The maximum Gasteiger partial charge on any atom is 0.182 e. The summed E-state index contributed by atoms with van der Waals surface area (Å²) in [6.45, 7) is 2.99. The number of rotatable bonds is 3. The van der Waals surface area contributed by atoms with Gasteiger partial charge in [-0.25, -0.2) is 0 Å². The number of benzene rings is 1. The van der Waals surface area contributed by atoms with E-state index < -0.39 is 0 Å². The maximum absolute atomic E-state index is 12.5. The number of carbonyl (C=O) groups excluding carboxylic acids is 1. The average Bonchev–Trinajstić information content (AvgIpc) is 2.75. The van der Waals surface area contributed by atoms with Gasteiger partial charge in [-0.15, -0.1) is 0 Å². The van der Waals surface area contributed by atoms with Crippen LogP contribution in [-0.2, 0) is 0 Å². The molecule has 1 saturated heterocycles. The van der Waals surface area contributed by atoms with Gasteiger partial charge in [-0.2, -0.15) is 0 Å². The monoisotopic (exact) mass is 243 g/mol. The fourth-order valence-electron chi connectivity index (χ4n) is 3.06. The van der Waals surface area contributed by atoms with E-state index in [1.807, 2.05) is 19.1 Å². The van der Waals surface area contributed by atoms with Gasteiger partial charge >= 0.3 is 0 Å². The first-order chi connectivity index (χ1) is 8.69. The molecule has 1 aliphatic carbocycles. The summed E-state index contributed by atoms with van der Waals surface area (Å²) in [6.07, 6.45) is 6.03. The smallest absolute Gasteiger partial charge is 0.182 e. The zero-order valence-corrected chi connectivity index (χ0v) is 11.0. The van der Waals surface area contributed by atoms with Crippen LogP contribution >= 0.6 is 0 Å². The molecule has 0 amide bonds. The summed E-state index contributed by atoms with van der Waals surface area (Å²) in [5, 5.41) is 3.34. The molecule has 2 nitrogen and oxygen atoms in total. The lowest BCUT2D eigenvalue weighted by molar-refractivity contribution is 0.0884. The number of hydrogen-bond donors (Lipinski definition) is 1. The topological polar surface area (TPSA) is 29.1 Å². The summed E-state index contributed by atoms with van der Waals surface area (Å²) < 4.78 is 0. The fraction of sp³-hybridized carbons (Fsp3) is 0.562. The molecule has 1 aliphatic heterocycles. The molecule has 2 aliphatic rings. The predicted molar refractivity (Wildman–Crippen MR) is 73.0 cm³/mol. The van der Waals surface area contributed by atoms with Crippen molar-refractivity contribution < 1.29 is 4.79 Å². The average molecular weight is 243 g/mol. The first-order valence-electron chi connectivity index (χ1n) is 7.09. The standard InChI is InChI=1S/C16H21NO/c1-16(10-3-11-17-16)15(18)14-8-6-13(7-9-14)12-4-2-5-12/h6-9,12,17H,2-5,10-11H2,1H3. The number of Topliss-reactive ketones (excluding diaryl/α,β-unsaturated/α-hetero) is 1. The highest BCUT2D eigenvalue weighted by Gasteiger charge is 2.36. The number of hydrogen-bond acceptors (Lipinski definition) is 2. The molecule has 1 aromatic rings. The van der Waals surface area contributed by atoms with Crippen molar-refractivity contribution in [3.8, 4) is 0 Å². The lowest BCUT2D eigenvalue weighted by atomic mass is 9.79. The first kappa shape index (κ1) is 11.9. The van der Waals surface area contributed by atoms with Crippen molar-refractivity contribution in [3.05, 3.63) is 35.4 Å². The minimum absolute atomic E-state index is 0.250. The minimum Gasteiger partial charge on any atom is -0.305 e. The SMILES string of the molecule is CC1(C(=O)c2ccc(C3CCC3)cc2)CCCN1. The van der Waals surface area contributed by atoms with Crippen LogP contribution in [0.15, 0.2) is 24.3 Å². The largest absolute Gasteiger partial charge is 0.305 e. The zero-order chi connectivity index (χ0) is 12.6. The van der Waals surface area contributed by atoms with E-state index in [0.29, 0.717) is 0 Å². The Labute approximate surface area is 109 Å². The molecule has 1 N–H and O–H groups in total. The van der Waals surface area contributed by atoms with Crippen LogP contribution in [0.3, 0.4) is 0 Å². The van der Waals surface area contributed by atoms with Crippen LogP contribution in [0.4, 0.5) is 0 Å². The number of ketones is 1. The van der Waals surface area contributed by atoms with Gasteiger partial charge in [0.2, 0.25) is 0 Å². The second-order valence-electron chi connectivity index (χ2n) is 5.94. The van der Waals surface area contributed by atoms with E-state index in [0.717, 1.165) is 30.9 Å². The summed E-state index contributed by atoms with van der Waals surface area (Å²) >= 11 is 0. The van der Waals surface area contributed by atoms with Gasteiger partial charge in [-0.1, -0.05) is 30.7 Å². The van der Waals surface area contributed by atoms with Crippen molar-refractivity contribution in [2.24, 2.45) is 0 Å². The molecule has 0 aromatic heterocycles. The molecule has 1 heterocycles. The van der Waals surface area contributed by atoms with Crippen LogP contribution in [0, 0.1) is 0 Å². The summed E-state index contributed by atoms with van der Waals surface area (Å²) in [5.41, 5.74) is 1.93. The lowest BCUT2D eigenvalue weighted by Gasteiger charge is -2.26. The zero-order valence-electron chi connectivity index (χ0n) is 11.0. The molecule has 2 heteroatoms.